The molecule has 1 aromatic carbocycles. The van der Waals surface area contributed by atoms with Crippen LogP contribution in [0, 0.1) is 0 Å². The minimum absolute atomic E-state index is 0.251. The van der Waals surface area contributed by atoms with Crippen LogP contribution in [0.5, 0.6) is 0 Å². The number of aryl methyl sites for hydroxylation is 2. The average molecular weight is 409 g/mol. The van der Waals surface area contributed by atoms with Gasteiger partial charge in [0, 0.05) is 10.7 Å². The molecule has 0 fully saturated rings. The van der Waals surface area contributed by atoms with E-state index in [-0.39, 0.29) is 6.42 Å². The molecule has 0 saturated carbocycles. The highest BCUT2D eigenvalue weighted by Crippen LogP contribution is 2.38. The van der Waals surface area contributed by atoms with E-state index in [0.29, 0.717) is 12.2 Å². The zero-order valence-corrected chi connectivity index (χ0v) is 17.5. The number of aliphatic hydroxyl groups is 1. The van der Waals surface area contributed by atoms with E-state index in [1.54, 1.807) is 0 Å². The van der Waals surface area contributed by atoms with Crippen LogP contribution >= 0.6 is 7.60 Å². The molecule has 28 heavy (non-hydrogen) atoms. The first-order valence-corrected chi connectivity index (χ1v) is 11.5. The Hall–Kier alpha value is -1.62. The molecule has 156 valence electrons. The lowest BCUT2D eigenvalue weighted by atomic mass is 9.92. The van der Waals surface area contributed by atoms with E-state index in [1.807, 2.05) is 12.1 Å². The molecule has 0 bridgehead atoms. The van der Waals surface area contributed by atoms with Gasteiger partial charge >= 0.3 is 7.60 Å². The molecule has 1 rings (SSSR count). The molecule has 8 heteroatoms. The topological polar surface area (TPSA) is 127 Å². The van der Waals surface area contributed by atoms with Gasteiger partial charge in [0.05, 0.1) is 12.1 Å². The summed E-state index contributed by atoms with van der Waals surface area (Å²) in [6.07, 6.45) is 10.5. The molecule has 0 aliphatic heterocycles. The second kappa shape index (κ2) is 12.8. The fourth-order valence-electron chi connectivity index (χ4n) is 3.00. The maximum absolute atomic E-state index is 11.1. The lowest BCUT2D eigenvalue weighted by Crippen LogP contribution is -2.28. The molecule has 0 heterocycles. The quantitative estimate of drug-likeness (QED) is 0.127. The van der Waals surface area contributed by atoms with Crippen molar-refractivity contribution in [2.75, 3.05) is 6.61 Å². The molecule has 0 unspecified atom stereocenters. The molecule has 0 aliphatic rings. The van der Waals surface area contributed by atoms with Gasteiger partial charge in [-0.1, -0.05) is 74.5 Å². The fourth-order valence-corrected chi connectivity index (χ4v) is 3.47. The summed E-state index contributed by atoms with van der Waals surface area (Å²) in [5, 5.41) is 13.2. The Balaban J connectivity index is 2.60. The number of aliphatic hydroxyl groups excluding tert-OH is 1. The van der Waals surface area contributed by atoms with Crippen molar-refractivity contribution in [2.24, 2.45) is 5.11 Å². The minimum atomic E-state index is -4.40. The molecule has 3 N–H and O–H groups in total. The number of hydrogen-bond acceptors (Lipinski definition) is 3. The molecule has 0 amide bonds. The van der Waals surface area contributed by atoms with Crippen LogP contribution in [0.1, 0.15) is 63.0 Å². The van der Waals surface area contributed by atoms with E-state index in [2.05, 4.69) is 29.1 Å². The van der Waals surface area contributed by atoms with Gasteiger partial charge in [0.2, 0.25) is 0 Å². The molecular formula is C20H32N3O4P. The van der Waals surface area contributed by atoms with E-state index >= 15 is 0 Å². The van der Waals surface area contributed by atoms with Crippen molar-refractivity contribution in [2.45, 2.75) is 70.3 Å². The van der Waals surface area contributed by atoms with Crippen molar-refractivity contribution in [3.63, 3.8) is 0 Å². The highest BCUT2D eigenvalue weighted by atomic mass is 31.2. The molecular weight excluding hydrogens is 377 g/mol. The minimum Gasteiger partial charge on any atom is -0.395 e. The zero-order chi connectivity index (χ0) is 20.9. The number of unbranched alkanes of at least 4 members (excludes halogenated alkanes) is 5. The monoisotopic (exact) mass is 409 g/mol. The van der Waals surface area contributed by atoms with Gasteiger partial charge in [-0.05, 0) is 42.3 Å². The number of benzene rings is 1. The van der Waals surface area contributed by atoms with Gasteiger partial charge in [-0.2, -0.15) is 0 Å². The number of azide groups is 1. The van der Waals surface area contributed by atoms with Crippen LogP contribution in [0.15, 0.2) is 41.3 Å². The summed E-state index contributed by atoms with van der Waals surface area (Å²) < 4.78 is 11.1. The molecule has 0 aliphatic carbocycles. The third-order valence-electron chi connectivity index (χ3n) is 4.79. The highest BCUT2D eigenvalue weighted by Gasteiger charge is 2.26. The van der Waals surface area contributed by atoms with Gasteiger partial charge in [0.15, 0.2) is 0 Å². The summed E-state index contributed by atoms with van der Waals surface area (Å²) in [5.41, 5.74) is 9.70. The van der Waals surface area contributed by atoms with E-state index in [0.717, 1.165) is 18.1 Å². The van der Waals surface area contributed by atoms with Gasteiger partial charge in [0.1, 0.15) is 0 Å². The smallest absolute Gasteiger partial charge is 0.348 e. The molecule has 1 atom stereocenters. The van der Waals surface area contributed by atoms with Gasteiger partial charge in [-0.3, -0.25) is 4.57 Å². The summed E-state index contributed by atoms with van der Waals surface area (Å²) in [6, 6.07) is 8.19. The van der Waals surface area contributed by atoms with Gasteiger partial charge in [-0.15, -0.1) is 0 Å². The Morgan fingerprint density at radius 1 is 1.07 bits per heavy atom. The molecule has 0 radical (unpaired) electrons. The number of rotatable bonds is 14. The van der Waals surface area contributed by atoms with Crippen LogP contribution in [0.2, 0.25) is 0 Å². The maximum atomic E-state index is 11.1. The first-order valence-electron chi connectivity index (χ1n) is 9.85. The summed E-state index contributed by atoms with van der Waals surface area (Å²) in [5.74, 6) is 0.682. The van der Waals surface area contributed by atoms with Crippen LogP contribution < -0.4 is 0 Å². The van der Waals surface area contributed by atoms with Crippen molar-refractivity contribution >= 4 is 7.60 Å². The average Bonchev–Trinajstić information content (AvgIpc) is 2.67. The summed E-state index contributed by atoms with van der Waals surface area (Å²) in [6.45, 7) is 1.69. The standard InChI is InChI=1S/C20H32N3O4P/c1-2-3-4-5-6-7-8-18-9-11-19(12-10-18)13-14-20(17-24,22-23-21)15-16-28(25,26)27/h9-12,15-16,24H,2-8,13-14,17H2,1H3,(H2,25,26,27)/t20-/m0/s1. The Morgan fingerprint density at radius 2 is 1.64 bits per heavy atom. The van der Waals surface area contributed by atoms with E-state index in [4.69, 9.17) is 15.3 Å². The first-order chi connectivity index (χ1) is 13.3. The van der Waals surface area contributed by atoms with Crippen LogP contribution in [0.3, 0.4) is 0 Å². The Bertz CT molecular complexity index is 696. The van der Waals surface area contributed by atoms with Gasteiger partial charge in [-0.25, -0.2) is 0 Å². The molecule has 0 spiro atoms. The summed E-state index contributed by atoms with van der Waals surface area (Å²) in [7, 11) is -4.40. The maximum Gasteiger partial charge on any atom is 0.348 e. The fraction of sp³-hybridized carbons (Fsp3) is 0.600. The van der Waals surface area contributed by atoms with Crippen LogP contribution in [0.25, 0.3) is 10.4 Å². The number of hydrogen-bond donors (Lipinski definition) is 3. The van der Waals surface area contributed by atoms with E-state index in [1.165, 1.54) is 44.1 Å². The normalized spacial score (nSPS) is 14.0. The van der Waals surface area contributed by atoms with Crippen LogP contribution in [-0.4, -0.2) is 27.0 Å². The van der Waals surface area contributed by atoms with Crippen molar-refractivity contribution in [1.29, 1.82) is 0 Å². The third kappa shape index (κ3) is 10.1. The van der Waals surface area contributed by atoms with Gasteiger partial charge in [0.25, 0.3) is 0 Å². The van der Waals surface area contributed by atoms with Crippen LogP contribution in [-0.2, 0) is 17.4 Å². The predicted molar refractivity (Wildman–Crippen MR) is 112 cm³/mol. The summed E-state index contributed by atoms with van der Waals surface area (Å²) >= 11 is 0. The molecule has 0 aromatic heterocycles. The van der Waals surface area contributed by atoms with E-state index in [9.17, 15) is 9.67 Å². The van der Waals surface area contributed by atoms with E-state index < -0.39 is 19.7 Å². The van der Waals surface area contributed by atoms with Crippen LogP contribution in [0.4, 0.5) is 0 Å². The highest BCUT2D eigenvalue weighted by molar-refractivity contribution is 7.55. The predicted octanol–water partition coefficient (Wildman–Crippen LogP) is 5.26. The molecule has 1 aromatic rings. The summed E-state index contributed by atoms with van der Waals surface area (Å²) in [4.78, 5) is 20.7. The zero-order valence-electron chi connectivity index (χ0n) is 16.6. The van der Waals surface area contributed by atoms with Crippen molar-refractivity contribution in [1.82, 2.24) is 0 Å². The largest absolute Gasteiger partial charge is 0.395 e. The SMILES string of the molecule is CCCCCCCCc1ccc(CC[C@](C=CP(=O)(O)O)(CO)N=[N+]=[N-])cc1. The first kappa shape index (κ1) is 24.4. The number of nitrogens with zero attached hydrogens (tertiary/aromatic N) is 3. The van der Waals surface area contributed by atoms with Crippen molar-refractivity contribution in [3.05, 3.63) is 57.7 Å². The Labute approximate surface area is 167 Å². The molecule has 0 saturated heterocycles. The Morgan fingerprint density at radius 3 is 2.18 bits per heavy atom. The lowest BCUT2D eigenvalue weighted by molar-refractivity contribution is 0.219. The van der Waals surface area contributed by atoms with Crippen molar-refractivity contribution in [3.8, 4) is 0 Å². The lowest BCUT2D eigenvalue weighted by Gasteiger charge is -2.22. The second-order valence-corrected chi connectivity index (χ2v) is 8.67. The molecule has 7 nitrogen and oxygen atoms in total. The third-order valence-corrected chi connectivity index (χ3v) is 5.32. The second-order valence-electron chi connectivity index (χ2n) is 7.19. The van der Waals surface area contributed by atoms with Gasteiger partial charge < -0.3 is 14.9 Å². The van der Waals surface area contributed by atoms with Crippen molar-refractivity contribution < 1.29 is 19.5 Å². The Kier molecular flexibility index (Phi) is 11.1.